The standard InChI is InChI=1S/C23H22ClNO5/c1-23(2,22(27)28)30-18-9-3-15(4-10-18)13-14-25-21(26)20-12-11-19(29-20)16-5-7-17(24)8-6-16/h3-12H,13-14H2,1-2H3,(H,25,26)(H,27,28)/p-1. The van der Waals surface area contributed by atoms with Crippen molar-refractivity contribution in [2.75, 3.05) is 6.54 Å². The maximum absolute atomic E-state index is 12.3. The Bertz CT molecular complexity index is 1020. The van der Waals surface area contributed by atoms with E-state index in [0.29, 0.717) is 29.5 Å². The number of benzene rings is 2. The van der Waals surface area contributed by atoms with E-state index < -0.39 is 11.6 Å². The largest absolute Gasteiger partial charge is 0.546 e. The van der Waals surface area contributed by atoms with Crippen LogP contribution in [0, 0.1) is 0 Å². The second-order valence-electron chi connectivity index (χ2n) is 7.22. The van der Waals surface area contributed by atoms with Crippen molar-refractivity contribution in [2.24, 2.45) is 0 Å². The SMILES string of the molecule is CC(C)(Oc1ccc(CCNC(=O)c2ccc(-c3ccc(Cl)cc3)o2)cc1)C(=O)[O-]. The van der Waals surface area contributed by atoms with Gasteiger partial charge < -0.3 is 24.4 Å². The smallest absolute Gasteiger partial charge is 0.287 e. The second kappa shape index (κ2) is 9.05. The molecule has 0 fully saturated rings. The average Bonchev–Trinajstić information content (AvgIpc) is 3.20. The number of rotatable bonds is 8. The molecule has 0 saturated carbocycles. The molecule has 7 heteroatoms. The van der Waals surface area contributed by atoms with Gasteiger partial charge in [0.15, 0.2) is 5.76 Å². The lowest BCUT2D eigenvalue weighted by atomic mass is 10.1. The number of amides is 1. The van der Waals surface area contributed by atoms with Crippen molar-refractivity contribution in [3.63, 3.8) is 0 Å². The summed E-state index contributed by atoms with van der Waals surface area (Å²) in [7, 11) is 0. The van der Waals surface area contributed by atoms with E-state index in [-0.39, 0.29) is 11.7 Å². The van der Waals surface area contributed by atoms with Crippen LogP contribution in [0.4, 0.5) is 0 Å². The summed E-state index contributed by atoms with van der Waals surface area (Å²) in [5.74, 6) is -0.334. The highest BCUT2D eigenvalue weighted by Crippen LogP contribution is 2.24. The van der Waals surface area contributed by atoms with E-state index in [1.54, 1.807) is 36.4 Å². The summed E-state index contributed by atoms with van der Waals surface area (Å²) in [5, 5.41) is 14.5. The fourth-order valence-electron chi connectivity index (χ4n) is 2.70. The zero-order chi connectivity index (χ0) is 21.7. The summed E-state index contributed by atoms with van der Waals surface area (Å²) in [5.41, 5.74) is 0.390. The Kier molecular flexibility index (Phi) is 6.47. The molecule has 0 unspecified atom stereocenters. The minimum atomic E-state index is -1.41. The number of hydrogen-bond acceptors (Lipinski definition) is 5. The number of carboxylic acid groups (broad SMARTS) is 1. The number of furan rings is 1. The predicted molar refractivity (Wildman–Crippen MR) is 111 cm³/mol. The van der Waals surface area contributed by atoms with Gasteiger partial charge in [0.2, 0.25) is 0 Å². The summed E-state index contributed by atoms with van der Waals surface area (Å²) < 4.78 is 11.0. The Hall–Kier alpha value is -3.25. The fraction of sp³-hybridized carbons (Fsp3) is 0.217. The van der Waals surface area contributed by atoms with E-state index in [9.17, 15) is 14.7 Å². The van der Waals surface area contributed by atoms with Crippen LogP contribution < -0.4 is 15.2 Å². The average molecular weight is 427 g/mol. The maximum Gasteiger partial charge on any atom is 0.287 e. The third kappa shape index (κ3) is 5.42. The van der Waals surface area contributed by atoms with E-state index in [1.807, 2.05) is 24.3 Å². The van der Waals surface area contributed by atoms with Gasteiger partial charge in [0.05, 0.1) is 5.97 Å². The number of carboxylic acids is 1. The van der Waals surface area contributed by atoms with Crippen molar-refractivity contribution in [1.29, 1.82) is 0 Å². The van der Waals surface area contributed by atoms with E-state index >= 15 is 0 Å². The Labute approximate surface area is 179 Å². The normalized spacial score (nSPS) is 11.2. The Balaban J connectivity index is 1.51. The van der Waals surface area contributed by atoms with E-state index in [2.05, 4.69) is 5.32 Å². The van der Waals surface area contributed by atoms with Crippen LogP contribution in [0.15, 0.2) is 65.1 Å². The molecule has 156 valence electrons. The summed E-state index contributed by atoms with van der Waals surface area (Å²) >= 11 is 5.88. The van der Waals surface area contributed by atoms with Crippen molar-refractivity contribution in [1.82, 2.24) is 5.32 Å². The first-order chi connectivity index (χ1) is 14.2. The van der Waals surface area contributed by atoms with Crippen LogP contribution in [-0.2, 0) is 11.2 Å². The molecule has 0 saturated heterocycles. The lowest BCUT2D eigenvalue weighted by Crippen LogP contribution is -2.47. The zero-order valence-corrected chi connectivity index (χ0v) is 17.4. The van der Waals surface area contributed by atoms with Crippen molar-refractivity contribution >= 4 is 23.5 Å². The molecule has 6 nitrogen and oxygen atoms in total. The van der Waals surface area contributed by atoms with Crippen molar-refractivity contribution < 1.29 is 23.8 Å². The van der Waals surface area contributed by atoms with Crippen molar-refractivity contribution in [3.05, 3.63) is 77.0 Å². The van der Waals surface area contributed by atoms with Crippen LogP contribution in [0.1, 0.15) is 30.0 Å². The molecule has 2 aromatic carbocycles. The molecule has 0 spiro atoms. The quantitative estimate of drug-likeness (QED) is 0.595. The number of nitrogens with one attached hydrogen (secondary N) is 1. The highest BCUT2D eigenvalue weighted by molar-refractivity contribution is 6.30. The van der Waals surface area contributed by atoms with Crippen molar-refractivity contribution in [2.45, 2.75) is 25.9 Å². The summed E-state index contributed by atoms with van der Waals surface area (Å²) in [6, 6.07) is 17.5. The Morgan fingerprint density at radius 2 is 1.70 bits per heavy atom. The Morgan fingerprint density at radius 3 is 2.33 bits per heavy atom. The molecule has 0 aliphatic rings. The molecule has 1 heterocycles. The maximum atomic E-state index is 12.3. The molecule has 1 amide bonds. The number of halogens is 1. The van der Waals surface area contributed by atoms with Gasteiger partial charge in [0.25, 0.3) is 5.91 Å². The number of hydrogen-bond donors (Lipinski definition) is 1. The number of ether oxygens (including phenoxy) is 1. The van der Waals surface area contributed by atoms with Gasteiger partial charge in [0, 0.05) is 17.1 Å². The van der Waals surface area contributed by atoms with Gasteiger partial charge in [-0.25, -0.2) is 0 Å². The highest BCUT2D eigenvalue weighted by atomic mass is 35.5. The molecule has 0 aliphatic heterocycles. The monoisotopic (exact) mass is 426 g/mol. The van der Waals surface area contributed by atoms with Crippen LogP contribution in [0.3, 0.4) is 0 Å². The van der Waals surface area contributed by atoms with Crippen LogP contribution in [0.5, 0.6) is 5.75 Å². The van der Waals surface area contributed by atoms with Crippen LogP contribution >= 0.6 is 11.6 Å². The third-order valence-corrected chi connectivity index (χ3v) is 4.70. The van der Waals surface area contributed by atoms with Gasteiger partial charge >= 0.3 is 0 Å². The lowest BCUT2D eigenvalue weighted by molar-refractivity contribution is -0.320. The first-order valence-corrected chi connectivity index (χ1v) is 9.76. The van der Waals surface area contributed by atoms with Gasteiger partial charge in [-0.15, -0.1) is 0 Å². The zero-order valence-electron chi connectivity index (χ0n) is 16.6. The minimum absolute atomic E-state index is 0.230. The topological polar surface area (TPSA) is 91.6 Å². The minimum Gasteiger partial charge on any atom is -0.546 e. The van der Waals surface area contributed by atoms with Gasteiger partial charge in [-0.1, -0.05) is 23.7 Å². The molecule has 30 heavy (non-hydrogen) atoms. The predicted octanol–water partition coefficient (Wildman–Crippen LogP) is 3.48. The van der Waals surface area contributed by atoms with E-state index in [4.69, 9.17) is 20.8 Å². The second-order valence-corrected chi connectivity index (χ2v) is 7.66. The van der Waals surface area contributed by atoms with Gasteiger partial charge in [-0.05, 0) is 74.4 Å². The summed E-state index contributed by atoms with van der Waals surface area (Å²) in [6.45, 7) is 3.28. The van der Waals surface area contributed by atoms with Crippen molar-refractivity contribution in [3.8, 4) is 17.1 Å². The van der Waals surface area contributed by atoms with Gasteiger partial charge in [-0.2, -0.15) is 0 Å². The van der Waals surface area contributed by atoms with Crippen LogP contribution in [-0.4, -0.2) is 24.0 Å². The first kappa shape index (κ1) is 21.5. The molecule has 3 rings (SSSR count). The van der Waals surface area contributed by atoms with Gasteiger partial charge in [-0.3, -0.25) is 4.79 Å². The highest BCUT2D eigenvalue weighted by Gasteiger charge is 2.21. The fourth-order valence-corrected chi connectivity index (χ4v) is 2.82. The molecular weight excluding hydrogens is 406 g/mol. The molecule has 1 N–H and O–H groups in total. The first-order valence-electron chi connectivity index (χ1n) is 9.38. The molecule has 0 radical (unpaired) electrons. The number of carbonyl (C=O) groups excluding carboxylic acids is 2. The van der Waals surface area contributed by atoms with Crippen LogP contribution in [0.2, 0.25) is 5.02 Å². The molecule has 3 aromatic rings. The number of aliphatic carboxylic acids is 1. The van der Waals surface area contributed by atoms with E-state index in [1.165, 1.54) is 13.8 Å². The third-order valence-electron chi connectivity index (χ3n) is 4.45. The lowest BCUT2D eigenvalue weighted by Gasteiger charge is -2.27. The molecule has 0 atom stereocenters. The molecule has 0 aliphatic carbocycles. The molecule has 0 bridgehead atoms. The summed E-state index contributed by atoms with van der Waals surface area (Å²) in [4.78, 5) is 23.3. The van der Waals surface area contributed by atoms with Gasteiger partial charge in [0.1, 0.15) is 17.1 Å². The van der Waals surface area contributed by atoms with Crippen LogP contribution in [0.25, 0.3) is 11.3 Å². The molecular formula is C23H21ClNO5-. The number of carbonyl (C=O) groups is 2. The van der Waals surface area contributed by atoms with E-state index in [0.717, 1.165) is 11.1 Å². The summed E-state index contributed by atoms with van der Waals surface area (Å²) in [6.07, 6.45) is 0.598. The molecule has 1 aromatic heterocycles. The Morgan fingerprint density at radius 1 is 1.03 bits per heavy atom.